The molecule has 0 spiro atoms. The van der Waals surface area contributed by atoms with Gasteiger partial charge in [-0.2, -0.15) is 4.31 Å². The van der Waals surface area contributed by atoms with Crippen molar-refractivity contribution in [1.82, 2.24) is 9.62 Å². The molecule has 7 nitrogen and oxygen atoms in total. The molecule has 0 bridgehead atoms. The topological polar surface area (TPSA) is 104 Å². The molecule has 1 aliphatic heterocycles. The Morgan fingerprint density at radius 2 is 1.81 bits per heavy atom. The zero-order valence-corrected chi connectivity index (χ0v) is 16.2. The van der Waals surface area contributed by atoms with Crippen LogP contribution in [0.2, 0.25) is 0 Å². The van der Waals surface area contributed by atoms with Crippen LogP contribution in [0.5, 0.6) is 0 Å². The maximum Gasteiger partial charge on any atom is 0.308 e. The largest absolute Gasteiger partial charge is 0.481 e. The first-order valence-corrected chi connectivity index (χ1v) is 10.9. The van der Waals surface area contributed by atoms with Gasteiger partial charge in [0.25, 0.3) is 5.91 Å². The smallest absolute Gasteiger partial charge is 0.308 e. The van der Waals surface area contributed by atoms with Crippen molar-refractivity contribution in [2.45, 2.75) is 50.0 Å². The van der Waals surface area contributed by atoms with Gasteiger partial charge in [-0.05, 0) is 55.9 Å². The van der Waals surface area contributed by atoms with Crippen LogP contribution in [0.3, 0.4) is 0 Å². The Morgan fingerprint density at radius 3 is 2.44 bits per heavy atom. The highest BCUT2D eigenvalue weighted by molar-refractivity contribution is 7.89. The van der Waals surface area contributed by atoms with E-state index in [1.54, 1.807) is 0 Å². The van der Waals surface area contributed by atoms with E-state index in [4.69, 9.17) is 0 Å². The van der Waals surface area contributed by atoms with E-state index >= 15 is 0 Å². The third-order valence-corrected chi connectivity index (χ3v) is 7.40. The van der Waals surface area contributed by atoms with E-state index < -0.39 is 21.9 Å². The van der Waals surface area contributed by atoms with Gasteiger partial charge in [-0.25, -0.2) is 8.42 Å². The molecule has 1 unspecified atom stereocenters. The molecular weight excluding hydrogens is 368 g/mol. The number of hydrogen-bond acceptors (Lipinski definition) is 4. The summed E-state index contributed by atoms with van der Waals surface area (Å²) in [6, 6.07) is 5.49. The Bertz CT molecular complexity index is 806. The monoisotopic (exact) mass is 394 g/mol. The number of hydrogen-bond donors (Lipinski definition) is 2. The van der Waals surface area contributed by atoms with Gasteiger partial charge in [-0.3, -0.25) is 9.59 Å². The highest BCUT2D eigenvalue weighted by Crippen LogP contribution is 2.27. The minimum atomic E-state index is -3.56. The molecule has 8 heteroatoms. The second-order valence-corrected chi connectivity index (χ2v) is 9.53. The summed E-state index contributed by atoms with van der Waals surface area (Å²) in [5.74, 6) is -1.49. The number of carboxylic acids is 1. The number of carboxylic acid groups (broad SMARTS) is 1. The molecule has 1 saturated heterocycles. The quantitative estimate of drug-likeness (QED) is 0.796. The summed E-state index contributed by atoms with van der Waals surface area (Å²) in [5.41, 5.74) is 0.331. The van der Waals surface area contributed by atoms with Gasteiger partial charge < -0.3 is 10.4 Å². The molecule has 1 amide bonds. The average Bonchev–Trinajstić information content (AvgIpc) is 3.10. The maximum atomic E-state index is 12.8. The van der Waals surface area contributed by atoms with Crippen LogP contribution in [0.15, 0.2) is 29.2 Å². The minimum absolute atomic E-state index is 0.178. The Balaban J connectivity index is 1.69. The van der Waals surface area contributed by atoms with Crippen molar-refractivity contribution in [2.24, 2.45) is 11.8 Å². The molecule has 0 radical (unpaired) electrons. The molecule has 3 rings (SSSR count). The standard InChI is InChI=1S/C19H26N2O5S/c1-13-4-3-11-21(12-13)27(25,26)15-9-7-14(8-10-15)18(22)20-17-6-2-5-16(17)19(23)24/h7-10,13,16-17H,2-6,11-12H2,1H3,(H,20,22)(H,23,24)/t13?,16-,17+/m0/s1. The van der Waals surface area contributed by atoms with E-state index in [0.717, 1.165) is 19.3 Å². The molecular formula is C19H26N2O5S. The fraction of sp³-hybridized carbons (Fsp3) is 0.579. The van der Waals surface area contributed by atoms with Crippen LogP contribution in [0.25, 0.3) is 0 Å². The number of aliphatic carboxylic acids is 1. The first kappa shape index (κ1) is 19.8. The first-order chi connectivity index (χ1) is 12.8. The van der Waals surface area contributed by atoms with Crippen LogP contribution in [0.1, 0.15) is 49.4 Å². The maximum absolute atomic E-state index is 12.8. The van der Waals surface area contributed by atoms with Crippen molar-refractivity contribution in [3.05, 3.63) is 29.8 Å². The molecule has 1 saturated carbocycles. The first-order valence-electron chi connectivity index (χ1n) is 9.43. The van der Waals surface area contributed by atoms with E-state index in [-0.39, 0.29) is 16.8 Å². The third kappa shape index (κ3) is 4.32. The Morgan fingerprint density at radius 1 is 1.11 bits per heavy atom. The molecule has 1 heterocycles. The van der Waals surface area contributed by atoms with E-state index in [0.29, 0.717) is 37.4 Å². The number of sulfonamides is 1. The van der Waals surface area contributed by atoms with Gasteiger partial charge in [-0.1, -0.05) is 13.3 Å². The summed E-state index contributed by atoms with van der Waals surface area (Å²) in [6.07, 6.45) is 3.86. The zero-order chi connectivity index (χ0) is 19.6. The second kappa shape index (κ2) is 7.98. The SMILES string of the molecule is CC1CCCN(S(=O)(=O)c2ccc(C(=O)N[C@@H]3CCC[C@@H]3C(=O)O)cc2)C1. The molecule has 1 aromatic carbocycles. The fourth-order valence-corrected chi connectivity index (χ4v) is 5.57. The lowest BCUT2D eigenvalue weighted by molar-refractivity contribution is -0.142. The van der Waals surface area contributed by atoms with Gasteiger partial charge >= 0.3 is 5.97 Å². The summed E-state index contributed by atoms with van der Waals surface area (Å²) in [7, 11) is -3.56. The number of carbonyl (C=O) groups is 2. The number of nitrogens with one attached hydrogen (secondary N) is 1. The Hall–Kier alpha value is -1.93. The lowest BCUT2D eigenvalue weighted by atomic mass is 10.0. The predicted octanol–water partition coefficient (Wildman–Crippen LogP) is 2.09. The minimum Gasteiger partial charge on any atom is -0.481 e. The summed E-state index contributed by atoms with van der Waals surface area (Å²) >= 11 is 0. The summed E-state index contributed by atoms with van der Waals surface area (Å²) in [6.45, 7) is 3.08. The van der Waals surface area contributed by atoms with E-state index in [9.17, 15) is 23.1 Å². The summed E-state index contributed by atoms with van der Waals surface area (Å²) < 4.78 is 27.0. The lowest BCUT2D eigenvalue weighted by Gasteiger charge is -2.30. The van der Waals surface area contributed by atoms with E-state index in [1.807, 2.05) is 6.92 Å². The number of rotatable bonds is 5. The van der Waals surface area contributed by atoms with Crippen molar-refractivity contribution in [1.29, 1.82) is 0 Å². The fourth-order valence-electron chi connectivity index (χ4n) is 3.97. The molecule has 1 aromatic rings. The average molecular weight is 394 g/mol. The van der Waals surface area contributed by atoms with Crippen molar-refractivity contribution in [3.63, 3.8) is 0 Å². The van der Waals surface area contributed by atoms with Gasteiger partial charge in [0.15, 0.2) is 0 Å². The number of carbonyl (C=O) groups excluding carboxylic acids is 1. The van der Waals surface area contributed by atoms with Crippen LogP contribution in [0.4, 0.5) is 0 Å². The molecule has 148 valence electrons. The second-order valence-electron chi connectivity index (χ2n) is 7.59. The molecule has 27 heavy (non-hydrogen) atoms. The van der Waals surface area contributed by atoms with Crippen LogP contribution < -0.4 is 5.32 Å². The van der Waals surface area contributed by atoms with Gasteiger partial charge in [-0.15, -0.1) is 0 Å². The molecule has 0 aromatic heterocycles. The van der Waals surface area contributed by atoms with Crippen molar-refractivity contribution in [3.8, 4) is 0 Å². The highest BCUT2D eigenvalue weighted by Gasteiger charge is 2.34. The molecule has 2 fully saturated rings. The third-order valence-electron chi connectivity index (χ3n) is 5.52. The van der Waals surface area contributed by atoms with Crippen molar-refractivity contribution in [2.75, 3.05) is 13.1 Å². The molecule has 1 aliphatic carbocycles. The molecule has 2 N–H and O–H groups in total. The van der Waals surface area contributed by atoms with Crippen molar-refractivity contribution >= 4 is 21.9 Å². The van der Waals surface area contributed by atoms with Crippen LogP contribution in [0, 0.1) is 11.8 Å². The Labute approximate surface area is 159 Å². The summed E-state index contributed by atoms with van der Waals surface area (Å²) in [4.78, 5) is 23.8. The predicted molar refractivity (Wildman–Crippen MR) is 99.8 cm³/mol. The number of piperidine rings is 1. The van der Waals surface area contributed by atoms with Crippen LogP contribution >= 0.6 is 0 Å². The lowest BCUT2D eigenvalue weighted by Crippen LogP contribution is -2.40. The number of benzene rings is 1. The van der Waals surface area contributed by atoms with Crippen LogP contribution in [-0.4, -0.2) is 48.8 Å². The number of nitrogens with zero attached hydrogens (tertiary/aromatic N) is 1. The van der Waals surface area contributed by atoms with Crippen LogP contribution in [-0.2, 0) is 14.8 Å². The highest BCUT2D eigenvalue weighted by atomic mass is 32.2. The van der Waals surface area contributed by atoms with E-state index in [2.05, 4.69) is 5.32 Å². The number of amides is 1. The Kier molecular flexibility index (Phi) is 5.86. The molecule has 3 atom stereocenters. The zero-order valence-electron chi connectivity index (χ0n) is 15.4. The van der Waals surface area contributed by atoms with E-state index in [1.165, 1.54) is 28.6 Å². The van der Waals surface area contributed by atoms with Gasteiger partial charge in [0.1, 0.15) is 0 Å². The molecule has 2 aliphatic rings. The van der Waals surface area contributed by atoms with Gasteiger partial charge in [0, 0.05) is 24.7 Å². The normalized spacial score (nSPS) is 26.6. The summed E-state index contributed by atoms with van der Waals surface area (Å²) in [5, 5.41) is 12.0. The van der Waals surface area contributed by atoms with Gasteiger partial charge in [0.05, 0.1) is 10.8 Å². The van der Waals surface area contributed by atoms with Gasteiger partial charge in [0.2, 0.25) is 10.0 Å². The van der Waals surface area contributed by atoms with Crippen molar-refractivity contribution < 1.29 is 23.1 Å².